The molecular formula is C16H14BrN3O2. The highest BCUT2D eigenvalue weighted by Gasteiger charge is 2.19. The third-order valence-corrected chi connectivity index (χ3v) is 3.99. The average molecular weight is 360 g/mol. The summed E-state index contributed by atoms with van der Waals surface area (Å²) >= 11 is 3.45. The number of ether oxygens (including phenoxy) is 1. The second kappa shape index (κ2) is 5.53. The van der Waals surface area contributed by atoms with E-state index in [0.29, 0.717) is 16.9 Å². The molecule has 0 fully saturated rings. The minimum atomic E-state index is -0.389. The van der Waals surface area contributed by atoms with Crippen molar-refractivity contribution >= 4 is 32.9 Å². The molecule has 0 aliphatic heterocycles. The number of benzene rings is 1. The smallest absolute Gasteiger partial charge is 0.338 e. The second-order valence-electron chi connectivity index (χ2n) is 4.96. The molecule has 1 aromatic carbocycles. The summed E-state index contributed by atoms with van der Waals surface area (Å²) in [6, 6.07) is 9.53. The molecule has 0 unspecified atom stereocenters. The van der Waals surface area contributed by atoms with E-state index in [1.807, 2.05) is 38.2 Å². The van der Waals surface area contributed by atoms with Crippen molar-refractivity contribution in [1.29, 1.82) is 0 Å². The quantitative estimate of drug-likeness (QED) is 0.657. The Morgan fingerprint density at radius 2 is 2.09 bits per heavy atom. The number of methoxy groups -OCH3 is 1. The number of pyridine rings is 1. The Labute approximate surface area is 136 Å². The van der Waals surface area contributed by atoms with E-state index < -0.39 is 0 Å². The zero-order valence-electron chi connectivity index (χ0n) is 12.4. The first-order chi connectivity index (χ1) is 10.5. The third kappa shape index (κ3) is 2.39. The Balaban J connectivity index is 2.34. The summed E-state index contributed by atoms with van der Waals surface area (Å²) in [6.07, 6.45) is 0. The van der Waals surface area contributed by atoms with Crippen LogP contribution in [0.25, 0.3) is 22.3 Å². The molecule has 0 N–H and O–H groups in total. The van der Waals surface area contributed by atoms with Crippen LogP contribution in [0, 0.1) is 6.92 Å². The van der Waals surface area contributed by atoms with Crippen molar-refractivity contribution in [2.24, 2.45) is 7.05 Å². The van der Waals surface area contributed by atoms with E-state index in [0.717, 1.165) is 21.1 Å². The fourth-order valence-corrected chi connectivity index (χ4v) is 2.91. The van der Waals surface area contributed by atoms with Crippen molar-refractivity contribution in [1.82, 2.24) is 14.8 Å². The van der Waals surface area contributed by atoms with Gasteiger partial charge in [0.05, 0.1) is 29.4 Å². The molecule has 0 spiro atoms. The van der Waals surface area contributed by atoms with Gasteiger partial charge in [0.15, 0.2) is 5.65 Å². The van der Waals surface area contributed by atoms with Gasteiger partial charge in [0.25, 0.3) is 0 Å². The van der Waals surface area contributed by atoms with Gasteiger partial charge in [-0.15, -0.1) is 0 Å². The Hall–Kier alpha value is -2.21. The summed E-state index contributed by atoms with van der Waals surface area (Å²) in [5.74, 6) is -0.389. The Morgan fingerprint density at radius 1 is 1.32 bits per heavy atom. The van der Waals surface area contributed by atoms with E-state index in [1.54, 1.807) is 10.7 Å². The van der Waals surface area contributed by atoms with E-state index in [-0.39, 0.29) is 5.97 Å². The van der Waals surface area contributed by atoms with Gasteiger partial charge in [-0.3, -0.25) is 4.68 Å². The van der Waals surface area contributed by atoms with Crippen LogP contribution in [-0.4, -0.2) is 27.8 Å². The van der Waals surface area contributed by atoms with E-state index in [2.05, 4.69) is 26.0 Å². The van der Waals surface area contributed by atoms with Crippen molar-refractivity contribution in [3.63, 3.8) is 0 Å². The van der Waals surface area contributed by atoms with Gasteiger partial charge in [-0.2, -0.15) is 5.10 Å². The fraction of sp³-hybridized carbons (Fsp3) is 0.188. The lowest BCUT2D eigenvalue weighted by Crippen LogP contribution is -2.04. The van der Waals surface area contributed by atoms with Crippen LogP contribution in [0.1, 0.15) is 16.1 Å². The first-order valence-corrected chi connectivity index (χ1v) is 7.49. The van der Waals surface area contributed by atoms with Crippen LogP contribution < -0.4 is 0 Å². The number of hydrogen-bond acceptors (Lipinski definition) is 4. The number of aryl methyl sites for hydroxylation is 2. The zero-order valence-corrected chi connectivity index (χ0v) is 14.0. The minimum Gasteiger partial charge on any atom is -0.465 e. The maximum Gasteiger partial charge on any atom is 0.338 e. The predicted octanol–water partition coefficient (Wildman–Crippen LogP) is 3.49. The summed E-state index contributed by atoms with van der Waals surface area (Å²) in [5, 5.41) is 5.09. The van der Waals surface area contributed by atoms with Crippen LogP contribution >= 0.6 is 15.9 Å². The molecule has 22 heavy (non-hydrogen) atoms. The van der Waals surface area contributed by atoms with Crippen molar-refractivity contribution in [3.8, 4) is 11.3 Å². The molecule has 2 aromatic heterocycles. The van der Waals surface area contributed by atoms with Gasteiger partial charge in [-0.05, 0) is 25.1 Å². The van der Waals surface area contributed by atoms with E-state index in [4.69, 9.17) is 4.74 Å². The van der Waals surface area contributed by atoms with Gasteiger partial charge in [0.2, 0.25) is 0 Å². The van der Waals surface area contributed by atoms with Gasteiger partial charge in [-0.1, -0.05) is 28.1 Å². The molecular weight excluding hydrogens is 346 g/mol. The van der Waals surface area contributed by atoms with Crippen LogP contribution in [0.2, 0.25) is 0 Å². The molecule has 0 bridgehead atoms. The molecule has 112 valence electrons. The summed E-state index contributed by atoms with van der Waals surface area (Å²) < 4.78 is 7.54. The number of nitrogens with zero attached hydrogens (tertiary/aromatic N) is 3. The molecule has 5 nitrogen and oxygen atoms in total. The molecule has 3 aromatic rings. The number of aromatic nitrogens is 3. The standard InChI is InChI=1S/C16H14BrN3O2/c1-9-14-12(16(21)22-3)8-13(18-15(14)20(2)19-9)10-5-4-6-11(17)7-10/h4-8H,1-3H3. The topological polar surface area (TPSA) is 57.0 Å². The van der Waals surface area contributed by atoms with E-state index in [1.165, 1.54) is 7.11 Å². The van der Waals surface area contributed by atoms with Gasteiger partial charge >= 0.3 is 5.97 Å². The monoisotopic (exact) mass is 359 g/mol. The average Bonchev–Trinajstić information content (AvgIpc) is 2.80. The maximum atomic E-state index is 12.1. The van der Waals surface area contributed by atoms with Crippen LogP contribution in [-0.2, 0) is 11.8 Å². The van der Waals surface area contributed by atoms with Gasteiger partial charge in [0.1, 0.15) is 0 Å². The normalized spacial score (nSPS) is 10.9. The molecule has 0 aliphatic carbocycles. The van der Waals surface area contributed by atoms with Crippen molar-refractivity contribution in [2.45, 2.75) is 6.92 Å². The summed E-state index contributed by atoms with van der Waals surface area (Å²) in [7, 11) is 3.19. The second-order valence-corrected chi connectivity index (χ2v) is 5.88. The van der Waals surface area contributed by atoms with E-state index >= 15 is 0 Å². The third-order valence-electron chi connectivity index (χ3n) is 3.49. The number of rotatable bonds is 2. The molecule has 0 saturated heterocycles. The zero-order chi connectivity index (χ0) is 15.9. The van der Waals surface area contributed by atoms with Crippen LogP contribution in [0.3, 0.4) is 0 Å². The molecule has 0 amide bonds. The first kappa shape index (κ1) is 14.7. The van der Waals surface area contributed by atoms with Crippen LogP contribution in [0.15, 0.2) is 34.8 Å². The number of carbonyl (C=O) groups is 1. The summed E-state index contributed by atoms with van der Waals surface area (Å²) in [5.41, 5.74) is 3.52. The number of halogens is 1. The molecule has 6 heteroatoms. The fourth-order valence-electron chi connectivity index (χ4n) is 2.51. The lowest BCUT2D eigenvalue weighted by atomic mass is 10.1. The predicted molar refractivity (Wildman–Crippen MR) is 87.7 cm³/mol. The number of carbonyl (C=O) groups excluding carboxylic acids is 1. The number of hydrogen-bond donors (Lipinski definition) is 0. The first-order valence-electron chi connectivity index (χ1n) is 6.70. The molecule has 3 rings (SSSR count). The highest BCUT2D eigenvalue weighted by atomic mass is 79.9. The number of esters is 1. The largest absolute Gasteiger partial charge is 0.465 e. The Kier molecular flexibility index (Phi) is 3.70. The Morgan fingerprint density at radius 3 is 2.77 bits per heavy atom. The minimum absolute atomic E-state index is 0.389. The molecule has 0 radical (unpaired) electrons. The lowest BCUT2D eigenvalue weighted by Gasteiger charge is -2.07. The highest BCUT2D eigenvalue weighted by molar-refractivity contribution is 9.10. The Bertz CT molecular complexity index is 886. The van der Waals surface area contributed by atoms with Crippen LogP contribution in [0.5, 0.6) is 0 Å². The summed E-state index contributed by atoms with van der Waals surface area (Å²) in [4.78, 5) is 16.8. The van der Waals surface area contributed by atoms with Crippen molar-refractivity contribution in [3.05, 3.63) is 46.1 Å². The van der Waals surface area contributed by atoms with Crippen molar-refractivity contribution < 1.29 is 9.53 Å². The molecule has 0 atom stereocenters. The molecule has 0 saturated carbocycles. The maximum absolute atomic E-state index is 12.1. The summed E-state index contributed by atoms with van der Waals surface area (Å²) in [6.45, 7) is 1.86. The highest BCUT2D eigenvalue weighted by Crippen LogP contribution is 2.28. The lowest BCUT2D eigenvalue weighted by molar-refractivity contribution is 0.0603. The van der Waals surface area contributed by atoms with Gasteiger partial charge in [0, 0.05) is 17.1 Å². The molecule has 0 aliphatic rings. The van der Waals surface area contributed by atoms with Gasteiger partial charge < -0.3 is 4.74 Å². The van der Waals surface area contributed by atoms with Gasteiger partial charge in [-0.25, -0.2) is 9.78 Å². The molecule has 2 heterocycles. The van der Waals surface area contributed by atoms with Crippen molar-refractivity contribution in [2.75, 3.05) is 7.11 Å². The van der Waals surface area contributed by atoms with Crippen LogP contribution in [0.4, 0.5) is 0 Å². The van der Waals surface area contributed by atoms with E-state index in [9.17, 15) is 4.79 Å². The SMILES string of the molecule is COC(=O)c1cc(-c2cccc(Br)c2)nc2c1c(C)nn2C. The number of fused-ring (bicyclic) bond motifs is 1.